The van der Waals surface area contributed by atoms with Crippen molar-refractivity contribution in [2.45, 2.75) is 13.0 Å². The molecule has 0 unspecified atom stereocenters. The second kappa shape index (κ2) is 11.0. The summed E-state index contributed by atoms with van der Waals surface area (Å²) in [5.74, 6) is 0.838. The molecule has 0 aliphatic carbocycles. The third kappa shape index (κ3) is 8.40. The smallest absolute Gasteiger partial charge is 0.191 e. The van der Waals surface area contributed by atoms with Crippen molar-refractivity contribution in [3.8, 4) is 0 Å². The molecule has 7 heteroatoms. The van der Waals surface area contributed by atoms with Crippen LogP contribution < -0.4 is 10.6 Å². The van der Waals surface area contributed by atoms with Crippen LogP contribution in [0, 0.1) is 0 Å². The van der Waals surface area contributed by atoms with E-state index in [0.717, 1.165) is 49.6 Å². The monoisotopic (exact) mass is 376 g/mol. The van der Waals surface area contributed by atoms with Crippen molar-refractivity contribution >= 4 is 33.2 Å². The summed E-state index contributed by atoms with van der Waals surface area (Å²) in [5.41, 5.74) is 0. The van der Waals surface area contributed by atoms with Gasteiger partial charge in [-0.25, -0.2) is 0 Å². The number of rotatable bonds is 9. The zero-order valence-electron chi connectivity index (χ0n) is 13.0. The molecule has 120 valence electrons. The zero-order valence-corrected chi connectivity index (χ0v) is 15.4. The molecular weight excluding hydrogens is 352 g/mol. The van der Waals surface area contributed by atoms with Gasteiger partial charge in [-0.15, -0.1) is 11.3 Å². The highest BCUT2D eigenvalue weighted by Gasteiger charge is 2.02. The van der Waals surface area contributed by atoms with Gasteiger partial charge in [0.15, 0.2) is 5.96 Å². The molecule has 0 aliphatic heterocycles. The largest absolute Gasteiger partial charge is 0.385 e. The molecule has 0 aromatic carbocycles. The Morgan fingerprint density at radius 1 is 1.43 bits per heavy atom. The molecule has 0 saturated heterocycles. The third-order valence-electron chi connectivity index (χ3n) is 2.95. The van der Waals surface area contributed by atoms with E-state index in [0.29, 0.717) is 0 Å². The minimum atomic E-state index is 0.791. The fourth-order valence-electron chi connectivity index (χ4n) is 1.79. The van der Waals surface area contributed by atoms with Gasteiger partial charge >= 0.3 is 0 Å². The van der Waals surface area contributed by atoms with Gasteiger partial charge in [-0.2, -0.15) is 0 Å². The van der Waals surface area contributed by atoms with E-state index in [-0.39, 0.29) is 0 Å². The number of guanidine groups is 1. The van der Waals surface area contributed by atoms with Crippen molar-refractivity contribution in [2.24, 2.45) is 4.99 Å². The highest BCUT2D eigenvalue weighted by molar-refractivity contribution is 9.10. The molecule has 0 bridgehead atoms. The molecule has 21 heavy (non-hydrogen) atoms. The Labute approximate surface area is 139 Å². The first-order chi connectivity index (χ1) is 10.2. The van der Waals surface area contributed by atoms with Crippen LogP contribution in [0.5, 0.6) is 0 Å². The number of nitrogens with zero attached hydrogens (tertiary/aromatic N) is 2. The van der Waals surface area contributed by atoms with Gasteiger partial charge in [0.05, 0.1) is 6.54 Å². The predicted octanol–water partition coefficient (Wildman–Crippen LogP) is 2.14. The number of hydrogen-bond acceptors (Lipinski definition) is 4. The van der Waals surface area contributed by atoms with Crippen LogP contribution in [0.4, 0.5) is 0 Å². The van der Waals surface area contributed by atoms with Crippen LogP contribution >= 0.6 is 27.3 Å². The van der Waals surface area contributed by atoms with Gasteiger partial charge < -0.3 is 20.3 Å². The van der Waals surface area contributed by atoms with Crippen molar-refractivity contribution in [1.82, 2.24) is 15.5 Å². The Balaban J connectivity index is 2.16. The SMILES string of the molecule is CN=C(NCCN(C)CCCOC)NCc1cc(Br)cs1. The molecular formula is C14H25BrN4OS. The highest BCUT2D eigenvalue weighted by atomic mass is 79.9. The number of hydrogen-bond donors (Lipinski definition) is 2. The molecule has 1 heterocycles. The lowest BCUT2D eigenvalue weighted by Crippen LogP contribution is -2.40. The number of halogens is 1. The molecule has 2 N–H and O–H groups in total. The summed E-state index contributed by atoms with van der Waals surface area (Å²) in [6.07, 6.45) is 1.06. The normalized spacial score (nSPS) is 12.0. The van der Waals surface area contributed by atoms with E-state index in [9.17, 15) is 0 Å². The van der Waals surface area contributed by atoms with Crippen LogP contribution in [0.15, 0.2) is 20.9 Å². The fourth-order valence-corrected chi connectivity index (χ4v) is 3.18. The molecule has 0 radical (unpaired) electrons. The molecule has 0 aliphatic rings. The van der Waals surface area contributed by atoms with Gasteiger partial charge in [0, 0.05) is 55.1 Å². The topological polar surface area (TPSA) is 48.9 Å². The first-order valence-corrected chi connectivity index (χ1v) is 8.68. The average molecular weight is 377 g/mol. The van der Waals surface area contributed by atoms with Gasteiger partial charge in [0.1, 0.15) is 0 Å². The maximum atomic E-state index is 5.05. The lowest BCUT2D eigenvalue weighted by Gasteiger charge is -2.18. The predicted molar refractivity (Wildman–Crippen MR) is 94.2 cm³/mol. The number of likely N-dealkylation sites (N-methyl/N-ethyl adjacent to an activating group) is 1. The van der Waals surface area contributed by atoms with E-state index in [1.54, 1.807) is 25.5 Å². The number of nitrogens with one attached hydrogen (secondary N) is 2. The Morgan fingerprint density at radius 3 is 2.86 bits per heavy atom. The molecule has 0 amide bonds. The van der Waals surface area contributed by atoms with Crippen molar-refractivity contribution in [3.63, 3.8) is 0 Å². The van der Waals surface area contributed by atoms with E-state index in [4.69, 9.17) is 4.74 Å². The number of aliphatic imine (C=N–C) groups is 1. The van der Waals surface area contributed by atoms with Gasteiger partial charge in [0.25, 0.3) is 0 Å². The van der Waals surface area contributed by atoms with Crippen LogP contribution in [0.25, 0.3) is 0 Å². The van der Waals surface area contributed by atoms with Crippen molar-refractivity contribution in [1.29, 1.82) is 0 Å². The van der Waals surface area contributed by atoms with Crippen LogP contribution in [0.2, 0.25) is 0 Å². The van der Waals surface area contributed by atoms with Crippen molar-refractivity contribution in [3.05, 3.63) is 20.8 Å². The summed E-state index contributed by atoms with van der Waals surface area (Å²) in [6.45, 7) is 4.51. The second-order valence-corrected chi connectivity index (χ2v) is 6.64. The van der Waals surface area contributed by atoms with Gasteiger partial charge in [-0.3, -0.25) is 4.99 Å². The summed E-state index contributed by atoms with van der Waals surface area (Å²) in [4.78, 5) is 7.80. The minimum absolute atomic E-state index is 0.791. The van der Waals surface area contributed by atoms with E-state index in [2.05, 4.69) is 54.9 Å². The molecule has 0 spiro atoms. The molecule has 0 saturated carbocycles. The first-order valence-electron chi connectivity index (χ1n) is 7.00. The van der Waals surface area contributed by atoms with E-state index < -0.39 is 0 Å². The first kappa shape index (κ1) is 18.4. The minimum Gasteiger partial charge on any atom is -0.385 e. The Morgan fingerprint density at radius 2 is 2.24 bits per heavy atom. The maximum absolute atomic E-state index is 5.05. The van der Waals surface area contributed by atoms with Crippen LogP contribution in [0.3, 0.4) is 0 Å². The lowest BCUT2D eigenvalue weighted by molar-refractivity contribution is 0.180. The zero-order chi connectivity index (χ0) is 15.5. The Hall–Kier alpha value is -0.630. The van der Waals surface area contributed by atoms with Crippen molar-refractivity contribution < 1.29 is 4.74 Å². The summed E-state index contributed by atoms with van der Waals surface area (Å²) in [5, 5.41) is 8.73. The Bertz CT molecular complexity index is 425. The number of ether oxygens (including phenoxy) is 1. The molecule has 1 aromatic rings. The molecule has 5 nitrogen and oxygen atoms in total. The fraction of sp³-hybridized carbons (Fsp3) is 0.643. The van der Waals surface area contributed by atoms with Crippen LogP contribution in [-0.4, -0.2) is 58.3 Å². The second-order valence-electron chi connectivity index (χ2n) is 4.73. The molecule has 1 aromatic heterocycles. The average Bonchev–Trinajstić information content (AvgIpc) is 2.88. The highest BCUT2D eigenvalue weighted by Crippen LogP contribution is 2.19. The summed E-state index contributed by atoms with van der Waals surface area (Å²) >= 11 is 5.19. The molecule has 1 rings (SSSR count). The van der Waals surface area contributed by atoms with E-state index >= 15 is 0 Å². The molecule has 0 atom stereocenters. The standard InChI is InChI=1S/C14H25BrN4OS/c1-16-14(18-10-13-9-12(15)11-21-13)17-5-7-19(2)6-4-8-20-3/h9,11H,4-8,10H2,1-3H3,(H2,16,17,18). The van der Waals surface area contributed by atoms with E-state index in [1.165, 1.54) is 4.88 Å². The summed E-state index contributed by atoms with van der Waals surface area (Å²) in [7, 11) is 5.65. The van der Waals surface area contributed by atoms with Gasteiger partial charge in [0.2, 0.25) is 0 Å². The number of methoxy groups -OCH3 is 1. The lowest BCUT2D eigenvalue weighted by atomic mass is 10.4. The maximum Gasteiger partial charge on any atom is 0.191 e. The van der Waals surface area contributed by atoms with E-state index in [1.807, 2.05) is 0 Å². The number of thiophene rings is 1. The van der Waals surface area contributed by atoms with Gasteiger partial charge in [-0.1, -0.05) is 0 Å². The molecule has 0 fully saturated rings. The van der Waals surface area contributed by atoms with Gasteiger partial charge in [-0.05, 0) is 35.5 Å². The Kier molecular flexibility index (Phi) is 9.65. The summed E-state index contributed by atoms with van der Waals surface area (Å²) < 4.78 is 6.18. The quantitative estimate of drug-likeness (QED) is 0.393. The summed E-state index contributed by atoms with van der Waals surface area (Å²) in [6, 6.07) is 2.12. The third-order valence-corrected chi connectivity index (χ3v) is 4.65. The van der Waals surface area contributed by atoms with Crippen LogP contribution in [0.1, 0.15) is 11.3 Å². The van der Waals surface area contributed by atoms with Crippen LogP contribution in [-0.2, 0) is 11.3 Å². The van der Waals surface area contributed by atoms with Crippen molar-refractivity contribution in [2.75, 3.05) is 47.4 Å².